The highest BCUT2D eigenvalue weighted by atomic mass is 19.1. The molecule has 1 fully saturated rings. The van der Waals surface area contributed by atoms with Gasteiger partial charge in [0.05, 0.1) is 11.7 Å². The maximum absolute atomic E-state index is 15.2. The zero-order chi connectivity index (χ0) is 27.4. The molecule has 0 aromatic heterocycles. The predicted octanol–water partition coefficient (Wildman–Crippen LogP) is 6.34. The van der Waals surface area contributed by atoms with Gasteiger partial charge in [0.15, 0.2) is 0 Å². The third-order valence-corrected chi connectivity index (χ3v) is 6.44. The summed E-state index contributed by atoms with van der Waals surface area (Å²) in [6.45, 7) is 6.59. The van der Waals surface area contributed by atoms with E-state index in [0.29, 0.717) is 47.9 Å². The van der Waals surface area contributed by atoms with Crippen molar-refractivity contribution in [2.45, 2.75) is 38.8 Å². The number of amides is 2. The number of carbonyl (C=O) groups excluding carboxylic acids is 2. The van der Waals surface area contributed by atoms with Crippen molar-refractivity contribution in [1.29, 1.82) is 0 Å². The number of carbonyl (C=O) groups is 2. The summed E-state index contributed by atoms with van der Waals surface area (Å²) in [5.41, 5.74) is 0.775. The van der Waals surface area contributed by atoms with Crippen LogP contribution in [0.15, 0.2) is 72.8 Å². The van der Waals surface area contributed by atoms with E-state index in [1.54, 1.807) is 55.4 Å². The van der Waals surface area contributed by atoms with Gasteiger partial charge in [0.2, 0.25) is 0 Å². The molecule has 8 heteroatoms. The molecule has 3 aromatic carbocycles. The second kappa shape index (κ2) is 11.1. The van der Waals surface area contributed by atoms with Gasteiger partial charge in [-0.2, -0.15) is 0 Å². The van der Waals surface area contributed by atoms with Crippen molar-refractivity contribution in [1.82, 2.24) is 4.90 Å². The summed E-state index contributed by atoms with van der Waals surface area (Å²) in [5.74, 6) is 0.644. The van der Waals surface area contributed by atoms with Crippen LogP contribution in [0.25, 0.3) is 0 Å². The van der Waals surface area contributed by atoms with Gasteiger partial charge in [0, 0.05) is 38.4 Å². The van der Waals surface area contributed by atoms with Crippen LogP contribution in [0.1, 0.15) is 37.6 Å². The Morgan fingerprint density at radius 2 is 1.61 bits per heavy atom. The lowest BCUT2D eigenvalue weighted by Gasteiger charge is -2.29. The Bertz CT molecular complexity index is 1270. The first kappa shape index (κ1) is 27.0. The molecular formula is C30H34FN3O4. The quantitative estimate of drug-likeness (QED) is 0.380. The Balaban J connectivity index is 1.39. The van der Waals surface area contributed by atoms with E-state index in [1.807, 2.05) is 56.0 Å². The number of anilines is 2. The lowest BCUT2D eigenvalue weighted by molar-refractivity contribution is 0.0237. The number of para-hydroxylation sites is 1. The van der Waals surface area contributed by atoms with Crippen LogP contribution in [0.3, 0.4) is 0 Å². The minimum atomic E-state index is -0.576. The summed E-state index contributed by atoms with van der Waals surface area (Å²) in [7, 11) is 3.33. The van der Waals surface area contributed by atoms with Crippen molar-refractivity contribution < 1.29 is 23.5 Å². The number of hydrogen-bond donors (Lipinski definition) is 0. The summed E-state index contributed by atoms with van der Waals surface area (Å²) in [4.78, 5) is 30.4. The van der Waals surface area contributed by atoms with Crippen molar-refractivity contribution in [3.8, 4) is 11.5 Å². The van der Waals surface area contributed by atoms with Gasteiger partial charge in [-0.25, -0.2) is 9.18 Å². The molecular weight excluding hydrogens is 485 g/mol. The Labute approximate surface area is 223 Å². The van der Waals surface area contributed by atoms with Gasteiger partial charge in [0.25, 0.3) is 5.91 Å². The number of rotatable bonds is 6. The molecule has 1 saturated heterocycles. The number of halogens is 1. The summed E-state index contributed by atoms with van der Waals surface area (Å²) < 4.78 is 26.4. The molecule has 0 N–H and O–H groups in total. The molecule has 1 aliphatic rings. The standard InChI is InChI=1S/C30H34FN3O4/c1-30(2,3)38-29(36)33(5)23-17-18-34(20-23)27-16-13-22(19-26(27)31)32(4)28(35)21-11-14-25(15-12-21)37-24-9-7-6-8-10-24/h6-16,19,23H,17-18,20H2,1-5H3. The van der Waals surface area contributed by atoms with Crippen LogP contribution in [0.4, 0.5) is 20.6 Å². The van der Waals surface area contributed by atoms with Crippen LogP contribution in [-0.4, -0.2) is 55.7 Å². The molecule has 0 bridgehead atoms. The zero-order valence-corrected chi connectivity index (χ0v) is 22.5. The van der Waals surface area contributed by atoms with Crippen LogP contribution in [0.2, 0.25) is 0 Å². The summed E-state index contributed by atoms with van der Waals surface area (Å²) in [5, 5.41) is 0. The van der Waals surface area contributed by atoms with Crippen LogP contribution < -0.4 is 14.5 Å². The molecule has 0 aliphatic carbocycles. The smallest absolute Gasteiger partial charge is 0.410 e. The molecule has 1 atom stereocenters. The predicted molar refractivity (Wildman–Crippen MR) is 147 cm³/mol. The Morgan fingerprint density at radius 1 is 0.947 bits per heavy atom. The average Bonchev–Trinajstić information content (AvgIpc) is 3.37. The molecule has 0 spiro atoms. The third-order valence-electron chi connectivity index (χ3n) is 6.44. The topological polar surface area (TPSA) is 62.3 Å². The number of likely N-dealkylation sites (N-methyl/N-ethyl adjacent to an activating group) is 1. The lowest BCUT2D eigenvalue weighted by atomic mass is 10.1. The van der Waals surface area contributed by atoms with E-state index in [4.69, 9.17) is 9.47 Å². The normalized spacial score (nSPS) is 15.2. The number of hydrogen-bond acceptors (Lipinski definition) is 5. The first-order valence-electron chi connectivity index (χ1n) is 12.6. The maximum atomic E-state index is 15.2. The van der Waals surface area contributed by atoms with Gasteiger partial charge >= 0.3 is 6.09 Å². The van der Waals surface area contributed by atoms with Crippen molar-refractivity contribution in [3.05, 3.63) is 84.2 Å². The van der Waals surface area contributed by atoms with Crippen molar-refractivity contribution in [2.75, 3.05) is 37.0 Å². The Hall–Kier alpha value is -4.07. The molecule has 200 valence electrons. The van der Waals surface area contributed by atoms with Gasteiger partial charge in [-0.05, 0) is 81.8 Å². The van der Waals surface area contributed by atoms with Crippen molar-refractivity contribution in [3.63, 3.8) is 0 Å². The molecule has 3 aromatic rings. The third kappa shape index (κ3) is 6.43. The molecule has 1 unspecified atom stereocenters. The molecule has 2 amide bonds. The Kier molecular flexibility index (Phi) is 7.90. The fourth-order valence-electron chi connectivity index (χ4n) is 4.32. The molecule has 1 aliphatic heterocycles. The molecule has 0 saturated carbocycles. The van der Waals surface area contributed by atoms with Gasteiger partial charge < -0.3 is 24.2 Å². The summed E-state index contributed by atoms with van der Waals surface area (Å²) in [6, 6.07) is 20.9. The fraction of sp³-hybridized carbons (Fsp3) is 0.333. The van der Waals surface area contributed by atoms with Gasteiger partial charge in [-0.3, -0.25) is 4.79 Å². The number of nitrogens with zero attached hydrogens (tertiary/aromatic N) is 3. The first-order chi connectivity index (χ1) is 18.0. The van der Waals surface area contributed by atoms with Crippen molar-refractivity contribution >= 4 is 23.4 Å². The van der Waals surface area contributed by atoms with E-state index >= 15 is 4.39 Å². The van der Waals surface area contributed by atoms with E-state index in [0.717, 1.165) is 0 Å². The van der Waals surface area contributed by atoms with Gasteiger partial charge in [-0.15, -0.1) is 0 Å². The zero-order valence-electron chi connectivity index (χ0n) is 22.5. The van der Waals surface area contributed by atoms with E-state index in [2.05, 4.69) is 0 Å². The highest BCUT2D eigenvalue weighted by Crippen LogP contribution is 2.30. The second-order valence-corrected chi connectivity index (χ2v) is 10.4. The van der Waals surface area contributed by atoms with E-state index < -0.39 is 11.4 Å². The lowest BCUT2D eigenvalue weighted by Crippen LogP contribution is -2.42. The van der Waals surface area contributed by atoms with Crippen LogP contribution in [-0.2, 0) is 4.74 Å². The number of benzene rings is 3. The van der Waals surface area contributed by atoms with E-state index in [1.165, 1.54) is 11.0 Å². The summed E-state index contributed by atoms with van der Waals surface area (Å²) in [6.07, 6.45) is 0.319. The largest absolute Gasteiger partial charge is 0.457 e. The SMILES string of the molecule is CN(C(=O)c1ccc(Oc2ccccc2)cc1)c1ccc(N2CCC(N(C)C(=O)OC(C)(C)C)C2)c(F)c1. The monoisotopic (exact) mass is 519 g/mol. The van der Waals surface area contributed by atoms with Gasteiger partial charge in [-0.1, -0.05) is 18.2 Å². The van der Waals surface area contributed by atoms with Crippen LogP contribution in [0, 0.1) is 5.82 Å². The van der Waals surface area contributed by atoms with Crippen LogP contribution in [0.5, 0.6) is 11.5 Å². The molecule has 7 nitrogen and oxygen atoms in total. The fourth-order valence-corrected chi connectivity index (χ4v) is 4.32. The minimum Gasteiger partial charge on any atom is -0.457 e. The first-order valence-corrected chi connectivity index (χ1v) is 12.6. The molecule has 1 heterocycles. The number of ether oxygens (including phenoxy) is 2. The van der Waals surface area contributed by atoms with E-state index in [-0.39, 0.29) is 18.0 Å². The minimum absolute atomic E-state index is 0.0815. The summed E-state index contributed by atoms with van der Waals surface area (Å²) >= 11 is 0. The molecule has 0 radical (unpaired) electrons. The Morgan fingerprint density at radius 3 is 2.24 bits per heavy atom. The molecule has 4 rings (SSSR count). The maximum Gasteiger partial charge on any atom is 0.410 e. The van der Waals surface area contributed by atoms with E-state index in [9.17, 15) is 9.59 Å². The highest BCUT2D eigenvalue weighted by Gasteiger charge is 2.32. The van der Waals surface area contributed by atoms with Crippen molar-refractivity contribution in [2.24, 2.45) is 0 Å². The highest BCUT2D eigenvalue weighted by molar-refractivity contribution is 6.05. The second-order valence-electron chi connectivity index (χ2n) is 10.4. The molecule has 38 heavy (non-hydrogen) atoms. The average molecular weight is 520 g/mol. The van der Waals surface area contributed by atoms with Crippen LogP contribution >= 0.6 is 0 Å². The van der Waals surface area contributed by atoms with Gasteiger partial charge in [0.1, 0.15) is 22.9 Å².